The largest absolute Gasteiger partial charge is 0.346 e. The van der Waals surface area contributed by atoms with E-state index in [0.717, 1.165) is 11.3 Å². The molecule has 3 rings (SSSR count). The zero-order chi connectivity index (χ0) is 15.2. The molecule has 0 aliphatic heterocycles. The maximum Gasteiger partial charge on any atom is 0.251 e. The topological polar surface area (TPSA) is 72.7 Å². The normalized spacial score (nSPS) is 10.4. The van der Waals surface area contributed by atoms with E-state index in [1.807, 2.05) is 30.3 Å². The lowest BCUT2D eigenvalue weighted by atomic mass is 10.1. The van der Waals surface area contributed by atoms with Crippen LogP contribution in [0.15, 0.2) is 61.3 Å². The van der Waals surface area contributed by atoms with Crippen molar-refractivity contribution in [3.05, 3.63) is 78.1 Å². The predicted molar refractivity (Wildman–Crippen MR) is 81.0 cm³/mol. The molecule has 0 unspecified atom stereocenters. The van der Waals surface area contributed by atoms with Crippen LogP contribution in [0.2, 0.25) is 0 Å². The number of benzene rings is 1. The Balaban J connectivity index is 1.59. The minimum atomic E-state index is -0.113. The van der Waals surface area contributed by atoms with E-state index in [1.54, 1.807) is 29.3 Å². The maximum atomic E-state index is 12.1. The Bertz CT molecular complexity index is 723. The van der Waals surface area contributed by atoms with Crippen LogP contribution in [0.4, 0.5) is 0 Å². The standard InChI is InChI=1S/C16H15N5O/c22-16(19-9-15-3-1-2-8-18-15)14-6-4-13(5-7-14)10-21-12-17-11-20-21/h1-8,11-12H,9-10H2,(H,19,22). The minimum Gasteiger partial charge on any atom is -0.346 e. The highest BCUT2D eigenvalue weighted by Crippen LogP contribution is 2.06. The second-order valence-corrected chi connectivity index (χ2v) is 4.79. The SMILES string of the molecule is O=C(NCc1ccccn1)c1ccc(Cn2cncn2)cc1. The zero-order valence-electron chi connectivity index (χ0n) is 11.9. The molecule has 0 radical (unpaired) electrons. The molecule has 0 fully saturated rings. The van der Waals surface area contributed by atoms with Gasteiger partial charge in [0.15, 0.2) is 0 Å². The van der Waals surface area contributed by atoms with Crippen molar-refractivity contribution in [1.29, 1.82) is 0 Å². The molecule has 0 aliphatic rings. The van der Waals surface area contributed by atoms with E-state index in [1.165, 1.54) is 6.33 Å². The van der Waals surface area contributed by atoms with E-state index in [0.29, 0.717) is 18.7 Å². The Morgan fingerprint density at radius 3 is 2.68 bits per heavy atom. The summed E-state index contributed by atoms with van der Waals surface area (Å²) in [5.74, 6) is -0.113. The van der Waals surface area contributed by atoms with Crippen LogP contribution in [0, 0.1) is 0 Å². The van der Waals surface area contributed by atoms with Gasteiger partial charge in [0.05, 0.1) is 18.8 Å². The Hall–Kier alpha value is -3.02. The number of aromatic nitrogens is 4. The molecule has 0 spiro atoms. The van der Waals surface area contributed by atoms with Gasteiger partial charge in [-0.05, 0) is 29.8 Å². The molecular weight excluding hydrogens is 278 g/mol. The summed E-state index contributed by atoms with van der Waals surface area (Å²) in [4.78, 5) is 20.1. The second-order valence-electron chi connectivity index (χ2n) is 4.79. The lowest BCUT2D eigenvalue weighted by Gasteiger charge is -2.06. The summed E-state index contributed by atoms with van der Waals surface area (Å²) in [6, 6.07) is 13.1. The molecule has 2 heterocycles. The average molecular weight is 293 g/mol. The van der Waals surface area contributed by atoms with Gasteiger partial charge in [-0.25, -0.2) is 9.67 Å². The first kappa shape index (κ1) is 13.9. The van der Waals surface area contributed by atoms with Crippen LogP contribution in [0.5, 0.6) is 0 Å². The van der Waals surface area contributed by atoms with Crippen molar-refractivity contribution < 1.29 is 4.79 Å². The first-order valence-corrected chi connectivity index (χ1v) is 6.91. The highest BCUT2D eigenvalue weighted by molar-refractivity contribution is 5.94. The van der Waals surface area contributed by atoms with Gasteiger partial charge in [0.1, 0.15) is 12.7 Å². The van der Waals surface area contributed by atoms with Crippen LogP contribution in [0.25, 0.3) is 0 Å². The number of hydrogen-bond donors (Lipinski definition) is 1. The van der Waals surface area contributed by atoms with Crippen molar-refractivity contribution in [2.24, 2.45) is 0 Å². The lowest BCUT2D eigenvalue weighted by molar-refractivity contribution is 0.0950. The van der Waals surface area contributed by atoms with Crippen LogP contribution < -0.4 is 5.32 Å². The van der Waals surface area contributed by atoms with Gasteiger partial charge in [0.25, 0.3) is 5.91 Å². The zero-order valence-corrected chi connectivity index (χ0v) is 11.9. The predicted octanol–water partition coefficient (Wildman–Crippen LogP) is 1.65. The Morgan fingerprint density at radius 2 is 2.00 bits per heavy atom. The molecule has 1 amide bonds. The Morgan fingerprint density at radius 1 is 1.14 bits per heavy atom. The van der Waals surface area contributed by atoms with Crippen molar-refractivity contribution in [1.82, 2.24) is 25.1 Å². The van der Waals surface area contributed by atoms with Gasteiger partial charge in [-0.3, -0.25) is 9.78 Å². The van der Waals surface area contributed by atoms with E-state index < -0.39 is 0 Å². The number of amides is 1. The summed E-state index contributed by atoms with van der Waals surface area (Å²) >= 11 is 0. The van der Waals surface area contributed by atoms with E-state index in [9.17, 15) is 4.79 Å². The third kappa shape index (κ3) is 3.54. The van der Waals surface area contributed by atoms with Crippen molar-refractivity contribution in [2.45, 2.75) is 13.1 Å². The second kappa shape index (κ2) is 6.62. The summed E-state index contributed by atoms with van der Waals surface area (Å²) in [7, 11) is 0. The number of rotatable bonds is 5. The van der Waals surface area contributed by atoms with E-state index in [4.69, 9.17) is 0 Å². The lowest BCUT2D eigenvalue weighted by Crippen LogP contribution is -2.23. The smallest absolute Gasteiger partial charge is 0.251 e. The van der Waals surface area contributed by atoms with E-state index >= 15 is 0 Å². The van der Waals surface area contributed by atoms with Gasteiger partial charge in [-0.2, -0.15) is 5.10 Å². The number of carbonyl (C=O) groups excluding carboxylic acids is 1. The van der Waals surface area contributed by atoms with Crippen LogP contribution in [0.3, 0.4) is 0 Å². The molecule has 0 bridgehead atoms. The molecule has 0 saturated carbocycles. The molecule has 0 saturated heterocycles. The van der Waals surface area contributed by atoms with Crippen molar-refractivity contribution in [3.8, 4) is 0 Å². The number of hydrogen-bond acceptors (Lipinski definition) is 4. The Labute approximate surface area is 127 Å². The highest BCUT2D eigenvalue weighted by atomic mass is 16.1. The Kier molecular flexibility index (Phi) is 4.20. The minimum absolute atomic E-state index is 0.113. The van der Waals surface area contributed by atoms with E-state index in [-0.39, 0.29) is 5.91 Å². The van der Waals surface area contributed by atoms with Crippen LogP contribution in [-0.2, 0) is 13.1 Å². The van der Waals surface area contributed by atoms with Crippen LogP contribution in [-0.4, -0.2) is 25.7 Å². The number of carbonyl (C=O) groups is 1. The molecule has 6 nitrogen and oxygen atoms in total. The fraction of sp³-hybridized carbons (Fsp3) is 0.125. The van der Waals surface area contributed by atoms with Crippen molar-refractivity contribution in [2.75, 3.05) is 0 Å². The molecule has 6 heteroatoms. The first-order chi connectivity index (χ1) is 10.8. The molecule has 110 valence electrons. The van der Waals surface area contributed by atoms with Crippen molar-refractivity contribution in [3.63, 3.8) is 0 Å². The number of nitrogens with one attached hydrogen (secondary N) is 1. The molecule has 1 aromatic carbocycles. The average Bonchev–Trinajstić information content (AvgIpc) is 3.07. The van der Waals surface area contributed by atoms with Crippen molar-refractivity contribution >= 4 is 5.91 Å². The van der Waals surface area contributed by atoms with E-state index in [2.05, 4.69) is 20.4 Å². The molecular formula is C16H15N5O. The summed E-state index contributed by atoms with van der Waals surface area (Å²) in [6.45, 7) is 1.05. The fourth-order valence-corrected chi connectivity index (χ4v) is 2.04. The molecule has 0 atom stereocenters. The summed E-state index contributed by atoms with van der Waals surface area (Å²) in [6.07, 6.45) is 4.87. The molecule has 3 aromatic rings. The van der Waals surface area contributed by atoms with Gasteiger partial charge in [0, 0.05) is 11.8 Å². The third-order valence-corrected chi connectivity index (χ3v) is 3.18. The fourth-order valence-electron chi connectivity index (χ4n) is 2.04. The maximum absolute atomic E-state index is 12.1. The number of nitrogens with zero attached hydrogens (tertiary/aromatic N) is 4. The monoisotopic (exact) mass is 293 g/mol. The molecule has 22 heavy (non-hydrogen) atoms. The van der Waals surface area contributed by atoms with Gasteiger partial charge in [0.2, 0.25) is 0 Å². The van der Waals surface area contributed by atoms with Gasteiger partial charge < -0.3 is 5.32 Å². The van der Waals surface area contributed by atoms with Crippen LogP contribution in [0.1, 0.15) is 21.6 Å². The first-order valence-electron chi connectivity index (χ1n) is 6.91. The van der Waals surface area contributed by atoms with Gasteiger partial charge >= 0.3 is 0 Å². The third-order valence-electron chi connectivity index (χ3n) is 3.18. The molecule has 1 N–H and O–H groups in total. The summed E-state index contributed by atoms with van der Waals surface area (Å²) in [5.41, 5.74) is 2.52. The molecule has 0 aliphatic carbocycles. The quantitative estimate of drug-likeness (QED) is 0.776. The van der Waals surface area contributed by atoms with Gasteiger partial charge in [-0.15, -0.1) is 0 Å². The van der Waals surface area contributed by atoms with Gasteiger partial charge in [-0.1, -0.05) is 18.2 Å². The number of pyridine rings is 1. The molecule has 2 aromatic heterocycles. The summed E-state index contributed by atoms with van der Waals surface area (Å²) in [5, 5.41) is 6.90. The summed E-state index contributed by atoms with van der Waals surface area (Å²) < 4.78 is 1.73. The van der Waals surface area contributed by atoms with Crippen LogP contribution >= 0.6 is 0 Å². The highest BCUT2D eigenvalue weighted by Gasteiger charge is 2.05.